The Morgan fingerprint density at radius 2 is 1.80 bits per heavy atom. The fourth-order valence-corrected chi connectivity index (χ4v) is 0.479. The molecule has 0 amide bonds. The summed E-state index contributed by atoms with van der Waals surface area (Å²) in [4.78, 5) is 15.9. The lowest BCUT2D eigenvalue weighted by Gasteiger charge is -2.00. The minimum atomic E-state index is -4.34. The number of aliphatic hydroxyl groups is 1. The maximum atomic E-state index is 9.75. The summed E-state index contributed by atoms with van der Waals surface area (Å²) in [6.45, 7) is 5.29. The number of rotatable bonds is 3. The summed E-state index contributed by atoms with van der Waals surface area (Å²) in [5.74, 6) is 0. The fourth-order valence-electron chi connectivity index (χ4n) is 0.160. The lowest BCUT2D eigenvalue weighted by atomic mass is 10.8. The quantitative estimate of drug-likeness (QED) is 0.406. The van der Waals surface area contributed by atoms with E-state index < -0.39 is 7.82 Å². The maximum absolute atomic E-state index is 9.75. The van der Waals surface area contributed by atoms with Crippen molar-refractivity contribution >= 4 is 7.82 Å². The van der Waals surface area contributed by atoms with Gasteiger partial charge in [-0.25, -0.2) is 4.57 Å². The van der Waals surface area contributed by atoms with E-state index in [4.69, 9.17) is 14.9 Å². The van der Waals surface area contributed by atoms with Gasteiger partial charge < -0.3 is 14.9 Å². The van der Waals surface area contributed by atoms with Crippen LogP contribution in [-0.2, 0) is 9.09 Å². The molecule has 10 heavy (non-hydrogen) atoms. The van der Waals surface area contributed by atoms with E-state index in [1.54, 1.807) is 0 Å². The Kier molecular flexibility index (Phi) is 8.64. The molecule has 0 aromatic rings. The van der Waals surface area contributed by atoms with Crippen molar-refractivity contribution in [2.75, 3.05) is 13.2 Å². The second kappa shape index (κ2) is 6.92. The molecule has 0 radical (unpaired) electrons. The largest absolute Gasteiger partial charge is 0.469 e. The van der Waals surface area contributed by atoms with E-state index in [1.807, 2.05) is 0 Å². The average Bonchev–Trinajstić information content (AvgIpc) is 1.87. The van der Waals surface area contributed by atoms with Crippen molar-refractivity contribution in [1.29, 1.82) is 0 Å². The molecule has 0 aliphatic heterocycles. The molecule has 0 rings (SSSR count). The maximum Gasteiger partial charge on any atom is 0.469 e. The second-order valence-electron chi connectivity index (χ2n) is 1.05. The number of aliphatic hydroxyl groups excluding tert-OH is 1. The van der Waals surface area contributed by atoms with E-state index in [1.165, 1.54) is 0 Å². The van der Waals surface area contributed by atoms with E-state index in [0.29, 0.717) is 0 Å². The molecule has 0 bridgehead atoms. The summed E-state index contributed by atoms with van der Waals surface area (Å²) in [7, 11) is -4.34. The average molecular weight is 170 g/mol. The van der Waals surface area contributed by atoms with Gasteiger partial charge in [0, 0.05) is 0 Å². The molecule has 0 fully saturated rings. The molecule has 0 heterocycles. The van der Waals surface area contributed by atoms with Gasteiger partial charge >= 0.3 is 7.82 Å². The van der Waals surface area contributed by atoms with Gasteiger partial charge in [-0.3, -0.25) is 4.52 Å². The molecule has 6 heteroatoms. The molecule has 0 unspecified atom stereocenters. The molecule has 0 aromatic heterocycles. The highest BCUT2D eigenvalue weighted by Crippen LogP contribution is 2.34. The van der Waals surface area contributed by atoms with Gasteiger partial charge in [-0.1, -0.05) is 0 Å². The Hall–Kier alpha value is -0.190. The molecule has 0 saturated heterocycles. The molecule has 0 atom stereocenters. The summed E-state index contributed by atoms with van der Waals surface area (Å²) in [6, 6.07) is 0. The van der Waals surface area contributed by atoms with Crippen LogP contribution in [-0.4, -0.2) is 28.1 Å². The number of phosphoric ester groups is 1. The van der Waals surface area contributed by atoms with Crippen molar-refractivity contribution in [1.82, 2.24) is 0 Å². The molecule has 0 aliphatic carbocycles. The van der Waals surface area contributed by atoms with Gasteiger partial charge in [0.15, 0.2) is 0 Å². The van der Waals surface area contributed by atoms with E-state index in [2.05, 4.69) is 17.7 Å². The second-order valence-corrected chi connectivity index (χ2v) is 2.29. The summed E-state index contributed by atoms with van der Waals surface area (Å²) < 4.78 is 13.5. The van der Waals surface area contributed by atoms with Gasteiger partial charge in [-0.05, 0) is 0 Å². The first-order chi connectivity index (χ1) is 4.56. The van der Waals surface area contributed by atoms with Gasteiger partial charge in [0.2, 0.25) is 0 Å². The van der Waals surface area contributed by atoms with E-state index in [0.717, 1.165) is 0 Å². The molecule has 62 valence electrons. The Labute approximate surface area is 59.2 Å². The minimum absolute atomic E-state index is 0.329. The van der Waals surface area contributed by atoms with Crippen LogP contribution in [0.3, 0.4) is 0 Å². The first-order valence-electron chi connectivity index (χ1n) is 2.37. The van der Waals surface area contributed by atoms with Crippen LogP contribution in [0.25, 0.3) is 0 Å². The normalized spacial score (nSPS) is 9.90. The van der Waals surface area contributed by atoms with Crippen molar-refractivity contribution in [3.63, 3.8) is 0 Å². The predicted molar refractivity (Wildman–Crippen MR) is 36.3 cm³/mol. The molecular formula is C4H11O5P. The summed E-state index contributed by atoms with van der Waals surface area (Å²) in [5, 5.41) is 7.96. The highest BCUT2D eigenvalue weighted by molar-refractivity contribution is 7.46. The van der Waals surface area contributed by atoms with Crippen molar-refractivity contribution in [3.8, 4) is 0 Å². The van der Waals surface area contributed by atoms with Crippen molar-refractivity contribution in [3.05, 3.63) is 13.2 Å². The third-order valence-electron chi connectivity index (χ3n) is 0.351. The number of phosphoric acid groups is 1. The fraction of sp³-hybridized carbons (Fsp3) is 0.500. The van der Waals surface area contributed by atoms with E-state index >= 15 is 0 Å². The van der Waals surface area contributed by atoms with Crippen LogP contribution >= 0.6 is 7.82 Å². The van der Waals surface area contributed by atoms with Crippen molar-refractivity contribution < 1.29 is 24.0 Å². The molecule has 0 aromatic carbocycles. The van der Waals surface area contributed by atoms with Gasteiger partial charge in [0.25, 0.3) is 0 Å². The van der Waals surface area contributed by atoms with Crippen molar-refractivity contribution in [2.24, 2.45) is 0 Å². The van der Waals surface area contributed by atoms with Crippen LogP contribution in [0, 0.1) is 0 Å². The Morgan fingerprint density at radius 3 is 1.90 bits per heavy atom. The van der Waals surface area contributed by atoms with Gasteiger partial charge in [-0.15, -0.1) is 13.2 Å². The molecule has 0 aliphatic rings. The summed E-state index contributed by atoms with van der Waals surface area (Å²) >= 11 is 0. The minimum Gasteiger partial charge on any atom is -0.394 e. The van der Waals surface area contributed by atoms with Crippen LogP contribution in [0.4, 0.5) is 0 Å². The van der Waals surface area contributed by atoms with Crippen LogP contribution in [0.1, 0.15) is 0 Å². The first-order valence-corrected chi connectivity index (χ1v) is 3.90. The summed E-state index contributed by atoms with van der Waals surface area (Å²) in [5.41, 5.74) is 0. The standard InChI is InChI=1S/C2H7O5P.C2H4/c3-1-2-7-8(4,5)6;1-2/h3H,1-2H2,(H2,4,5,6);1-2H2. The van der Waals surface area contributed by atoms with Crippen LogP contribution in [0.2, 0.25) is 0 Å². The van der Waals surface area contributed by atoms with Crippen LogP contribution in [0.5, 0.6) is 0 Å². The molecule has 0 spiro atoms. The summed E-state index contributed by atoms with van der Waals surface area (Å²) in [6.07, 6.45) is 0. The Morgan fingerprint density at radius 1 is 1.40 bits per heavy atom. The topological polar surface area (TPSA) is 87.0 Å². The first kappa shape index (κ1) is 12.5. The predicted octanol–water partition coefficient (Wildman–Crippen LogP) is -0.110. The van der Waals surface area contributed by atoms with Gasteiger partial charge in [-0.2, -0.15) is 0 Å². The smallest absolute Gasteiger partial charge is 0.394 e. The molecule has 3 N–H and O–H groups in total. The van der Waals surface area contributed by atoms with Gasteiger partial charge in [0.1, 0.15) is 0 Å². The zero-order valence-electron chi connectivity index (χ0n) is 5.43. The third-order valence-corrected chi connectivity index (χ3v) is 0.870. The highest BCUT2D eigenvalue weighted by atomic mass is 31.2. The number of hydrogen-bond donors (Lipinski definition) is 3. The van der Waals surface area contributed by atoms with E-state index in [9.17, 15) is 4.57 Å². The Balaban J connectivity index is 0. The lowest BCUT2D eigenvalue weighted by molar-refractivity contribution is 0.151. The third kappa shape index (κ3) is 15.7. The Bertz CT molecular complexity index is 108. The molecule has 0 saturated carbocycles. The zero-order valence-corrected chi connectivity index (χ0v) is 6.33. The van der Waals surface area contributed by atoms with Gasteiger partial charge in [0.05, 0.1) is 13.2 Å². The number of hydrogen-bond acceptors (Lipinski definition) is 3. The van der Waals surface area contributed by atoms with Crippen LogP contribution in [0.15, 0.2) is 13.2 Å². The van der Waals surface area contributed by atoms with Crippen molar-refractivity contribution in [2.45, 2.75) is 0 Å². The van der Waals surface area contributed by atoms with E-state index in [-0.39, 0.29) is 13.2 Å². The molecular weight excluding hydrogens is 159 g/mol. The van der Waals surface area contributed by atoms with Crippen LogP contribution < -0.4 is 0 Å². The monoisotopic (exact) mass is 170 g/mol. The molecule has 5 nitrogen and oxygen atoms in total. The zero-order chi connectivity index (χ0) is 8.62. The highest BCUT2D eigenvalue weighted by Gasteiger charge is 2.11. The SMILES string of the molecule is C=C.O=P(O)(O)OCCO. The lowest BCUT2D eigenvalue weighted by Crippen LogP contribution is -1.95.